The molecule has 0 aliphatic heterocycles. The molecule has 140 valence electrons. The molecule has 0 fully saturated rings. The number of ether oxygens (including phenoxy) is 2. The van der Waals surface area contributed by atoms with E-state index in [9.17, 15) is 4.79 Å². The molecule has 0 aliphatic rings. The average molecular weight is 375 g/mol. The van der Waals surface area contributed by atoms with E-state index in [1.807, 2.05) is 48.4 Å². The van der Waals surface area contributed by atoms with Crippen molar-refractivity contribution in [3.05, 3.63) is 53.2 Å². The second-order valence-electron chi connectivity index (χ2n) is 5.61. The second-order valence-corrected chi connectivity index (χ2v) is 6.64. The van der Waals surface area contributed by atoms with Gasteiger partial charge >= 0.3 is 0 Å². The van der Waals surface area contributed by atoms with Crippen molar-refractivity contribution in [1.29, 1.82) is 0 Å². The van der Waals surface area contributed by atoms with Gasteiger partial charge in [-0.15, -0.1) is 17.9 Å². The molecular weight excluding hydrogens is 348 g/mol. The van der Waals surface area contributed by atoms with Crippen LogP contribution in [0.1, 0.15) is 18.7 Å². The van der Waals surface area contributed by atoms with Crippen LogP contribution in [-0.2, 0) is 11.3 Å². The fourth-order valence-corrected chi connectivity index (χ4v) is 3.27. The fraction of sp³-hybridized carbons (Fsp3) is 0.350. The summed E-state index contributed by atoms with van der Waals surface area (Å²) >= 11 is 1.68. The van der Waals surface area contributed by atoms with Gasteiger partial charge < -0.3 is 14.8 Å². The molecule has 2 rings (SSSR count). The summed E-state index contributed by atoms with van der Waals surface area (Å²) in [5.74, 6) is 1.24. The molecule has 1 aromatic carbocycles. The van der Waals surface area contributed by atoms with Crippen molar-refractivity contribution in [1.82, 2.24) is 4.90 Å². The maximum Gasteiger partial charge on any atom is 0.238 e. The summed E-state index contributed by atoms with van der Waals surface area (Å²) in [5, 5.41) is 4.98. The SMILES string of the molecule is C=CCN(CC(=O)Nc1cc(OCC)ccc1OCC)Cc1cccs1. The predicted molar refractivity (Wildman–Crippen MR) is 107 cm³/mol. The first-order valence-corrected chi connectivity index (χ1v) is 9.59. The van der Waals surface area contributed by atoms with Gasteiger partial charge in [-0.3, -0.25) is 9.69 Å². The summed E-state index contributed by atoms with van der Waals surface area (Å²) in [6.45, 7) is 10.3. The van der Waals surface area contributed by atoms with Crippen LogP contribution in [0.15, 0.2) is 48.4 Å². The van der Waals surface area contributed by atoms with Crippen molar-refractivity contribution in [2.24, 2.45) is 0 Å². The van der Waals surface area contributed by atoms with Gasteiger partial charge in [-0.25, -0.2) is 0 Å². The smallest absolute Gasteiger partial charge is 0.238 e. The molecule has 6 heteroatoms. The van der Waals surface area contributed by atoms with E-state index in [2.05, 4.69) is 18.0 Å². The van der Waals surface area contributed by atoms with Gasteiger partial charge in [-0.1, -0.05) is 12.1 Å². The Morgan fingerprint density at radius 3 is 2.73 bits per heavy atom. The lowest BCUT2D eigenvalue weighted by molar-refractivity contribution is -0.117. The summed E-state index contributed by atoms with van der Waals surface area (Å²) in [5.41, 5.74) is 0.623. The third kappa shape index (κ3) is 6.20. The Kier molecular flexibility index (Phi) is 8.18. The lowest BCUT2D eigenvalue weighted by Gasteiger charge is -2.20. The molecule has 0 bridgehead atoms. The Morgan fingerprint density at radius 2 is 2.08 bits per heavy atom. The molecule has 26 heavy (non-hydrogen) atoms. The number of carbonyl (C=O) groups is 1. The Balaban J connectivity index is 2.06. The third-order valence-electron chi connectivity index (χ3n) is 3.55. The molecule has 0 radical (unpaired) electrons. The van der Waals surface area contributed by atoms with Gasteiger partial charge in [0.05, 0.1) is 25.4 Å². The van der Waals surface area contributed by atoms with Crippen molar-refractivity contribution < 1.29 is 14.3 Å². The summed E-state index contributed by atoms with van der Waals surface area (Å²) < 4.78 is 11.1. The van der Waals surface area contributed by atoms with E-state index in [1.54, 1.807) is 17.4 Å². The van der Waals surface area contributed by atoms with Crippen LogP contribution in [0, 0.1) is 0 Å². The first-order valence-electron chi connectivity index (χ1n) is 8.71. The number of nitrogens with one attached hydrogen (secondary N) is 1. The zero-order chi connectivity index (χ0) is 18.8. The summed E-state index contributed by atoms with van der Waals surface area (Å²) in [6.07, 6.45) is 1.81. The Labute approximate surface area is 159 Å². The minimum atomic E-state index is -0.0991. The van der Waals surface area contributed by atoms with Gasteiger partial charge in [-0.2, -0.15) is 0 Å². The highest BCUT2D eigenvalue weighted by atomic mass is 32.1. The Morgan fingerprint density at radius 1 is 1.27 bits per heavy atom. The van der Waals surface area contributed by atoms with Gasteiger partial charge in [0.2, 0.25) is 5.91 Å². The van der Waals surface area contributed by atoms with Crippen LogP contribution in [-0.4, -0.2) is 37.1 Å². The number of hydrogen-bond acceptors (Lipinski definition) is 5. The molecule has 0 saturated carbocycles. The number of nitrogens with zero attached hydrogens (tertiary/aromatic N) is 1. The molecule has 1 amide bonds. The van der Waals surface area contributed by atoms with Gasteiger partial charge in [0.15, 0.2) is 0 Å². The van der Waals surface area contributed by atoms with Crippen LogP contribution in [0.3, 0.4) is 0 Å². The molecule has 5 nitrogen and oxygen atoms in total. The van der Waals surface area contributed by atoms with Gasteiger partial charge in [0.25, 0.3) is 0 Å². The van der Waals surface area contributed by atoms with E-state index in [1.165, 1.54) is 4.88 Å². The Bertz CT molecular complexity index is 701. The third-order valence-corrected chi connectivity index (χ3v) is 4.41. The molecule has 1 heterocycles. The zero-order valence-corrected chi connectivity index (χ0v) is 16.2. The molecule has 0 saturated heterocycles. The normalized spacial score (nSPS) is 10.6. The summed E-state index contributed by atoms with van der Waals surface area (Å²) in [6, 6.07) is 9.53. The van der Waals surface area contributed by atoms with Crippen LogP contribution in [0.5, 0.6) is 11.5 Å². The van der Waals surface area contributed by atoms with Crippen molar-refractivity contribution in [3.63, 3.8) is 0 Å². The maximum atomic E-state index is 12.6. The highest BCUT2D eigenvalue weighted by Crippen LogP contribution is 2.29. The average Bonchev–Trinajstić information content (AvgIpc) is 3.11. The largest absolute Gasteiger partial charge is 0.494 e. The molecule has 1 aromatic heterocycles. The van der Waals surface area contributed by atoms with Crippen molar-refractivity contribution in [2.45, 2.75) is 20.4 Å². The number of anilines is 1. The number of carbonyl (C=O) groups excluding carboxylic acids is 1. The number of hydrogen-bond donors (Lipinski definition) is 1. The summed E-state index contributed by atoms with van der Waals surface area (Å²) in [7, 11) is 0. The van der Waals surface area contributed by atoms with Crippen LogP contribution >= 0.6 is 11.3 Å². The standard InChI is InChI=1S/C20H26N2O3S/c1-4-11-22(14-17-8-7-12-26-17)15-20(23)21-18-13-16(24-5-2)9-10-19(18)25-6-3/h4,7-10,12-13H,1,5-6,11,14-15H2,2-3H3,(H,21,23). The molecule has 0 unspecified atom stereocenters. The van der Waals surface area contributed by atoms with Crippen molar-refractivity contribution >= 4 is 22.9 Å². The molecule has 0 atom stereocenters. The maximum absolute atomic E-state index is 12.6. The van der Waals surface area contributed by atoms with Crippen molar-refractivity contribution in [2.75, 3.05) is 31.6 Å². The number of benzene rings is 1. The molecule has 1 N–H and O–H groups in total. The number of rotatable bonds is 11. The van der Waals surface area contributed by atoms with E-state index < -0.39 is 0 Å². The number of amides is 1. The number of thiophene rings is 1. The fourth-order valence-electron chi connectivity index (χ4n) is 2.53. The van der Waals surface area contributed by atoms with Gasteiger partial charge in [0.1, 0.15) is 11.5 Å². The molecular formula is C20H26N2O3S. The van der Waals surface area contributed by atoms with Crippen LogP contribution < -0.4 is 14.8 Å². The minimum absolute atomic E-state index is 0.0991. The van der Waals surface area contributed by atoms with E-state index in [0.29, 0.717) is 43.5 Å². The lowest BCUT2D eigenvalue weighted by atomic mass is 10.2. The molecule has 0 aliphatic carbocycles. The second kappa shape index (κ2) is 10.6. The van der Waals surface area contributed by atoms with Crippen LogP contribution in [0.25, 0.3) is 0 Å². The van der Waals surface area contributed by atoms with Crippen LogP contribution in [0.4, 0.5) is 5.69 Å². The van der Waals surface area contributed by atoms with Gasteiger partial charge in [0, 0.05) is 24.0 Å². The highest BCUT2D eigenvalue weighted by Gasteiger charge is 2.14. The minimum Gasteiger partial charge on any atom is -0.494 e. The van der Waals surface area contributed by atoms with Crippen LogP contribution in [0.2, 0.25) is 0 Å². The first-order chi connectivity index (χ1) is 12.7. The Hall–Kier alpha value is -2.31. The zero-order valence-electron chi connectivity index (χ0n) is 15.4. The van der Waals surface area contributed by atoms with E-state index >= 15 is 0 Å². The van der Waals surface area contributed by atoms with E-state index in [-0.39, 0.29) is 12.5 Å². The quantitative estimate of drug-likeness (QED) is 0.600. The van der Waals surface area contributed by atoms with E-state index in [4.69, 9.17) is 9.47 Å². The monoisotopic (exact) mass is 374 g/mol. The lowest BCUT2D eigenvalue weighted by Crippen LogP contribution is -2.33. The summed E-state index contributed by atoms with van der Waals surface area (Å²) in [4.78, 5) is 15.8. The van der Waals surface area contributed by atoms with Gasteiger partial charge in [-0.05, 0) is 37.4 Å². The van der Waals surface area contributed by atoms with E-state index in [0.717, 1.165) is 0 Å². The molecule has 2 aromatic rings. The molecule has 0 spiro atoms. The highest BCUT2D eigenvalue weighted by molar-refractivity contribution is 7.09. The van der Waals surface area contributed by atoms with Crippen molar-refractivity contribution in [3.8, 4) is 11.5 Å². The predicted octanol–water partition coefficient (Wildman–Crippen LogP) is 4.17. The topological polar surface area (TPSA) is 50.8 Å². The first kappa shape index (κ1) is 20.0.